The van der Waals surface area contributed by atoms with E-state index in [1.165, 1.54) is 17.1 Å². The lowest BCUT2D eigenvalue weighted by Crippen LogP contribution is -2.56. The lowest BCUT2D eigenvalue weighted by atomic mass is 9.83. The van der Waals surface area contributed by atoms with Gasteiger partial charge in [-0.2, -0.15) is 52.7 Å². The molecule has 51 heavy (non-hydrogen) atoms. The Bertz CT molecular complexity index is 1340. The molecular weight excluding hydrogens is 738 g/mol. The molecule has 1 fully saturated rings. The molecule has 0 radical (unpaired) electrons. The van der Waals surface area contributed by atoms with Gasteiger partial charge in [-0.15, -0.1) is 0 Å². The molecule has 0 bridgehead atoms. The highest BCUT2D eigenvalue weighted by Crippen LogP contribution is 2.40. The van der Waals surface area contributed by atoms with E-state index in [0.29, 0.717) is 0 Å². The van der Waals surface area contributed by atoms with Gasteiger partial charge in [-0.1, -0.05) is 0 Å². The number of aliphatic carboxylic acids is 4. The number of piperidine rings is 1. The minimum atomic E-state index is -5.08. The Labute approximate surface area is 278 Å². The van der Waals surface area contributed by atoms with Crippen molar-refractivity contribution < 1.29 is 92.3 Å². The zero-order valence-corrected chi connectivity index (χ0v) is 26.0. The molecule has 0 saturated carbocycles. The minimum Gasteiger partial charge on any atom is -0.475 e. The van der Waals surface area contributed by atoms with E-state index in [-0.39, 0.29) is 5.54 Å². The number of aryl methyl sites for hydroxylation is 1. The van der Waals surface area contributed by atoms with Crippen LogP contribution in [0.3, 0.4) is 0 Å². The number of hydrogen-bond acceptors (Lipinski definition) is 8. The number of carboxylic acid groups (broad SMARTS) is 4. The van der Waals surface area contributed by atoms with Crippen molar-refractivity contribution in [2.75, 3.05) is 26.7 Å². The van der Waals surface area contributed by atoms with Gasteiger partial charge in [0.2, 0.25) is 0 Å². The fourth-order valence-electron chi connectivity index (χ4n) is 4.18. The molecule has 4 rings (SSSR count). The maximum atomic E-state index is 10.6. The first-order valence-corrected chi connectivity index (χ1v) is 13.5. The summed E-state index contributed by atoms with van der Waals surface area (Å²) in [6, 6.07) is 4.24. The zero-order valence-electron chi connectivity index (χ0n) is 26.0. The quantitative estimate of drug-likeness (QED) is 0.313. The van der Waals surface area contributed by atoms with Crippen molar-refractivity contribution in [3.63, 3.8) is 0 Å². The largest absolute Gasteiger partial charge is 0.490 e. The number of nitrogens with zero attached hydrogens (tertiary/aromatic N) is 5. The highest BCUT2D eigenvalue weighted by molar-refractivity contribution is 5.74. The zero-order chi connectivity index (χ0) is 40.2. The molecule has 2 aliphatic heterocycles. The second-order valence-corrected chi connectivity index (χ2v) is 10.2. The predicted molar refractivity (Wildman–Crippen MR) is 145 cm³/mol. The van der Waals surface area contributed by atoms with Crippen molar-refractivity contribution in [3.05, 3.63) is 47.8 Å². The molecule has 1 spiro atoms. The van der Waals surface area contributed by atoms with E-state index in [9.17, 15) is 52.7 Å². The van der Waals surface area contributed by atoms with Crippen molar-refractivity contribution in [1.82, 2.24) is 24.3 Å². The van der Waals surface area contributed by atoms with Crippen LogP contribution in [0.5, 0.6) is 0 Å². The van der Waals surface area contributed by atoms with Crippen LogP contribution >= 0.6 is 0 Å². The van der Waals surface area contributed by atoms with Crippen LogP contribution in [0.4, 0.5) is 52.7 Å². The fraction of sp³-hybridized carbons (Fsp3) is 0.538. The average Bonchev–Trinajstić information content (AvgIpc) is 3.37. The molecule has 13 nitrogen and oxygen atoms in total. The van der Waals surface area contributed by atoms with Crippen LogP contribution in [0, 0.1) is 6.92 Å². The summed E-state index contributed by atoms with van der Waals surface area (Å²) in [6.07, 6.45) is -12.2. The summed E-state index contributed by atoms with van der Waals surface area (Å²) < 4.78 is 129. The van der Waals surface area contributed by atoms with Gasteiger partial charge in [0.1, 0.15) is 5.82 Å². The third-order valence-electron chi connectivity index (χ3n) is 6.67. The summed E-state index contributed by atoms with van der Waals surface area (Å²) in [5.41, 5.74) is 2.78. The van der Waals surface area contributed by atoms with Gasteiger partial charge < -0.3 is 25.0 Å². The third-order valence-corrected chi connectivity index (χ3v) is 6.67. The van der Waals surface area contributed by atoms with Crippen LogP contribution in [0.15, 0.2) is 30.7 Å². The van der Waals surface area contributed by atoms with E-state index in [1.807, 2.05) is 18.6 Å². The lowest BCUT2D eigenvalue weighted by molar-refractivity contribution is -0.193. The number of hydrogen-bond donors (Lipinski definition) is 4. The molecule has 290 valence electrons. The van der Waals surface area contributed by atoms with Gasteiger partial charge in [-0.25, -0.2) is 24.2 Å². The molecule has 4 heterocycles. The predicted octanol–water partition coefficient (Wildman–Crippen LogP) is 4.56. The summed E-state index contributed by atoms with van der Waals surface area (Å²) in [7, 11) is 2.27. The molecule has 25 heteroatoms. The van der Waals surface area contributed by atoms with E-state index in [0.717, 1.165) is 45.6 Å². The fourth-order valence-corrected chi connectivity index (χ4v) is 4.18. The molecule has 2 aliphatic rings. The van der Waals surface area contributed by atoms with Crippen LogP contribution in [0.1, 0.15) is 29.9 Å². The summed E-state index contributed by atoms with van der Waals surface area (Å²) in [4.78, 5) is 49.6. The van der Waals surface area contributed by atoms with Gasteiger partial charge in [0.05, 0.1) is 5.54 Å². The van der Waals surface area contributed by atoms with E-state index >= 15 is 0 Å². The normalized spacial score (nSPS) is 15.9. The number of carboxylic acids is 4. The first kappa shape index (κ1) is 46.3. The summed E-state index contributed by atoms with van der Waals surface area (Å²) >= 11 is 0. The van der Waals surface area contributed by atoms with Crippen LogP contribution in [-0.4, -0.2) is 120 Å². The molecule has 0 atom stereocenters. The summed E-state index contributed by atoms with van der Waals surface area (Å²) in [6.45, 7) is 7.63. The van der Waals surface area contributed by atoms with E-state index in [1.54, 1.807) is 0 Å². The Balaban J connectivity index is 0.000000737. The number of pyridine rings is 1. The van der Waals surface area contributed by atoms with Gasteiger partial charge >= 0.3 is 48.6 Å². The van der Waals surface area contributed by atoms with Crippen LogP contribution in [-0.2, 0) is 37.8 Å². The third kappa shape index (κ3) is 15.8. The Morgan fingerprint density at radius 1 is 0.686 bits per heavy atom. The Hall–Kier alpha value is -4.68. The Kier molecular flexibility index (Phi) is 16.8. The van der Waals surface area contributed by atoms with Crippen molar-refractivity contribution >= 4 is 23.9 Å². The SMILES string of the molecule is Cc1cnc2n1CCN(C)C21CCN(Cc2ccncc2)CC1.O=C(O)C(F)(F)F.O=C(O)C(F)(F)F.O=C(O)C(F)(F)F.O=C(O)C(F)(F)F. The first-order valence-electron chi connectivity index (χ1n) is 13.5. The van der Waals surface area contributed by atoms with E-state index in [2.05, 4.69) is 45.5 Å². The topological polar surface area (TPSA) is 186 Å². The molecule has 2 aromatic heterocycles. The standard InChI is InChI=1S/C18H25N5.4C2HF3O2/c1-15-13-20-17-18(21(2)11-12-23(15)17)5-9-22(10-6-18)14-16-3-7-19-8-4-16;4*3-2(4,5)1(6)7/h3-4,7-8,13H,5-6,9-12,14H2,1-2H3;4*(H,6,7). The average molecular weight is 768 g/mol. The number of likely N-dealkylation sites (tertiary alicyclic amines) is 1. The number of imidazole rings is 1. The maximum Gasteiger partial charge on any atom is 0.490 e. The van der Waals surface area contributed by atoms with Crippen molar-refractivity contribution in [1.29, 1.82) is 0 Å². The molecule has 0 unspecified atom stereocenters. The number of aromatic nitrogens is 3. The first-order chi connectivity index (χ1) is 23.0. The molecule has 0 aromatic carbocycles. The van der Waals surface area contributed by atoms with Crippen molar-refractivity contribution in [2.24, 2.45) is 0 Å². The number of carbonyl (C=O) groups is 4. The second-order valence-electron chi connectivity index (χ2n) is 10.2. The molecule has 2 aromatic rings. The monoisotopic (exact) mass is 767 g/mol. The number of fused-ring (bicyclic) bond motifs is 2. The Morgan fingerprint density at radius 3 is 1.37 bits per heavy atom. The molecule has 0 amide bonds. The smallest absolute Gasteiger partial charge is 0.475 e. The highest BCUT2D eigenvalue weighted by Gasteiger charge is 2.45. The van der Waals surface area contributed by atoms with Gasteiger partial charge in [0, 0.05) is 57.0 Å². The number of likely N-dealkylation sites (N-methyl/N-ethyl adjacent to an activating group) is 1. The number of rotatable bonds is 2. The highest BCUT2D eigenvalue weighted by atomic mass is 19.4. The van der Waals surface area contributed by atoms with E-state index < -0.39 is 48.6 Å². The molecule has 1 saturated heterocycles. The van der Waals surface area contributed by atoms with Crippen LogP contribution < -0.4 is 0 Å². The number of alkyl halides is 12. The number of halogens is 12. The minimum absolute atomic E-state index is 0.126. The van der Waals surface area contributed by atoms with Gasteiger partial charge in [-0.3, -0.25) is 14.8 Å². The second kappa shape index (κ2) is 18.5. The molecule has 0 aliphatic carbocycles. The van der Waals surface area contributed by atoms with Gasteiger partial charge in [0.15, 0.2) is 0 Å². The van der Waals surface area contributed by atoms with Crippen molar-refractivity contribution in [3.8, 4) is 0 Å². The molecular formula is C26H29F12N5O8. The van der Waals surface area contributed by atoms with Gasteiger partial charge in [-0.05, 0) is 44.5 Å². The Morgan fingerprint density at radius 2 is 1.04 bits per heavy atom. The lowest BCUT2D eigenvalue weighted by Gasteiger charge is -2.49. The van der Waals surface area contributed by atoms with Crippen LogP contribution in [0.25, 0.3) is 0 Å². The molecule has 4 N–H and O–H groups in total. The summed E-state index contributed by atoms with van der Waals surface area (Å²) in [5.74, 6) is -9.74. The van der Waals surface area contributed by atoms with E-state index in [4.69, 9.17) is 44.6 Å². The summed E-state index contributed by atoms with van der Waals surface area (Å²) in [5, 5.41) is 28.5. The van der Waals surface area contributed by atoms with Crippen molar-refractivity contribution in [2.45, 2.75) is 63.1 Å². The van der Waals surface area contributed by atoms with Crippen LogP contribution in [0.2, 0.25) is 0 Å². The maximum absolute atomic E-state index is 10.6. The van der Waals surface area contributed by atoms with Gasteiger partial charge in [0.25, 0.3) is 0 Å².